The molecule has 2 aromatic heterocycles. The molecule has 0 fully saturated rings. The summed E-state index contributed by atoms with van der Waals surface area (Å²) in [5.74, 6) is 0. The number of aromatic nitrogens is 1. The van der Waals surface area contributed by atoms with E-state index in [9.17, 15) is 0 Å². The highest BCUT2D eigenvalue weighted by atomic mass is 31.1. The summed E-state index contributed by atoms with van der Waals surface area (Å²) in [4.78, 5) is 0. The van der Waals surface area contributed by atoms with Crippen molar-refractivity contribution in [3.63, 3.8) is 0 Å². The van der Waals surface area contributed by atoms with Gasteiger partial charge in [-0.2, -0.15) is 0 Å². The fourth-order valence-electron chi connectivity index (χ4n) is 1.19. The molecule has 0 aliphatic heterocycles. The van der Waals surface area contributed by atoms with E-state index >= 15 is 0 Å². The minimum Gasteiger partial charge on any atom is -0.323 e. The molecule has 2 heteroatoms. The third-order valence-electron chi connectivity index (χ3n) is 1.79. The van der Waals surface area contributed by atoms with E-state index in [2.05, 4.69) is 47.7 Å². The van der Waals surface area contributed by atoms with Gasteiger partial charge in [-0.3, -0.25) is 0 Å². The Morgan fingerprint density at radius 1 is 1.36 bits per heavy atom. The Hall–Kier alpha value is -0.810. The second kappa shape index (κ2) is 2.67. The molecular formula is C9H10NP. The van der Waals surface area contributed by atoms with Crippen LogP contribution in [0.15, 0.2) is 36.7 Å². The van der Waals surface area contributed by atoms with Crippen molar-refractivity contribution in [3.05, 3.63) is 36.7 Å². The fourth-order valence-corrected chi connectivity index (χ4v) is 1.75. The number of hydrogen-bond donors (Lipinski definition) is 0. The normalized spacial score (nSPS) is 11.7. The Labute approximate surface area is 67.8 Å². The van der Waals surface area contributed by atoms with Crippen LogP contribution in [0, 0.1) is 0 Å². The molecular weight excluding hydrogens is 153 g/mol. The lowest BCUT2D eigenvalue weighted by molar-refractivity contribution is 1.20. The van der Waals surface area contributed by atoms with E-state index < -0.39 is 0 Å². The summed E-state index contributed by atoms with van der Waals surface area (Å²) in [5, 5.41) is 1.43. The molecule has 0 radical (unpaired) electrons. The zero-order chi connectivity index (χ0) is 7.68. The first-order valence-corrected chi connectivity index (χ1v) is 5.14. The summed E-state index contributed by atoms with van der Waals surface area (Å²) in [6.07, 6.45) is 4.27. The molecule has 0 spiro atoms. The number of pyridine rings is 1. The monoisotopic (exact) mass is 163 g/mol. The number of rotatable bonds is 1. The van der Waals surface area contributed by atoms with Crippen LogP contribution in [0.1, 0.15) is 0 Å². The minimum atomic E-state index is 0.892. The predicted molar refractivity (Wildman–Crippen MR) is 51.3 cm³/mol. The van der Waals surface area contributed by atoms with Crippen molar-refractivity contribution < 1.29 is 0 Å². The van der Waals surface area contributed by atoms with Crippen LogP contribution in [-0.2, 0) is 0 Å². The lowest BCUT2D eigenvalue weighted by Crippen LogP contribution is -1.84. The molecule has 0 aliphatic rings. The summed E-state index contributed by atoms with van der Waals surface area (Å²) in [7, 11) is 0.892. The van der Waals surface area contributed by atoms with E-state index in [1.807, 2.05) is 0 Å². The van der Waals surface area contributed by atoms with Crippen molar-refractivity contribution in [3.8, 4) is 0 Å². The minimum absolute atomic E-state index is 0.892. The number of nitrogens with zero attached hydrogens (tertiary/aromatic N) is 1. The van der Waals surface area contributed by atoms with Gasteiger partial charge in [-0.1, -0.05) is 14.6 Å². The summed E-state index contributed by atoms with van der Waals surface area (Å²) in [5.41, 5.74) is 1.29. The van der Waals surface area contributed by atoms with Crippen LogP contribution in [0.2, 0.25) is 0 Å². The third-order valence-corrected chi connectivity index (χ3v) is 2.64. The first kappa shape index (κ1) is 6.87. The molecule has 0 saturated heterocycles. The Balaban J connectivity index is 2.69. The lowest BCUT2D eigenvalue weighted by atomic mass is 10.4. The van der Waals surface area contributed by atoms with E-state index in [0.717, 1.165) is 8.58 Å². The third kappa shape index (κ3) is 1.17. The quantitative estimate of drug-likeness (QED) is 0.565. The summed E-state index contributed by atoms with van der Waals surface area (Å²) in [6.45, 7) is 2.20. The van der Waals surface area contributed by atoms with Gasteiger partial charge in [0.25, 0.3) is 0 Å². The second-order valence-corrected chi connectivity index (χ2v) is 3.59. The van der Waals surface area contributed by atoms with Crippen molar-refractivity contribution in [2.45, 2.75) is 0 Å². The molecule has 1 nitrogen and oxygen atoms in total. The largest absolute Gasteiger partial charge is 0.323 e. The van der Waals surface area contributed by atoms with E-state index in [0.29, 0.717) is 0 Å². The van der Waals surface area contributed by atoms with Gasteiger partial charge in [0.05, 0.1) is 0 Å². The zero-order valence-electron chi connectivity index (χ0n) is 6.41. The second-order valence-electron chi connectivity index (χ2n) is 2.51. The molecule has 1 unspecified atom stereocenters. The van der Waals surface area contributed by atoms with Crippen LogP contribution in [0.25, 0.3) is 5.52 Å². The first-order chi connectivity index (χ1) is 5.40. The highest BCUT2D eigenvalue weighted by Crippen LogP contribution is 2.08. The molecule has 2 rings (SSSR count). The average Bonchev–Trinajstić information content (AvgIpc) is 2.46. The highest BCUT2D eigenvalue weighted by molar-refractivity contribution is 7.46. The Kier molecular flexibility index (Phi) is 1.67. The van der Waals surface area contributed by atoms with E-state index in [4.69, 9.17) is 0 Å². The van der Waals surface area contributed by atoms with Gasteiger partial charge < -0.3 is 4.40 Å². The maximum atomic E-state index is 2.23. The summed E-state index contributed by atoms with van der Waals surface area (Å²) < 4.78 is 2.16. The Bertz CT molecular complexity index is 331. The van der Waals surface area contributed by atoms with Crippen LogP contribution in [-0.4, -0.2) is 11.1 Å². The molecule has 0 N–H and O–H groups in total. The molecule has 11 heavy (non-hydrogen) atoms. The van der Waals surface area contributed by atoms with Gasteiger partial charge in [-0.25, -0.2) is 0 Å². The standard InChI is InChI=1S/C9H10NP/c1-11-9-6-8-4-2-3-5-10(8)7-9/h2-7,11H,1H3. The molecule has 0 bridgehead atoms. The smallest absolute Gasteiger partial charge is 0.0456 e. The van der Waals surface area contributed by atoms with Gasteiger partial charge in [-0.05, 0) is 30.2 Å². The molecule has 0 aliphatic carbocycles. The van der Waals surface area contributed by atoms with Crippen molar-refractivity contribution >= 4 is 19.4 Å². The molecule has 0 aromatic carbocycles. The zero-order valence-corrected chi connectivity index (χ0v) is 7.41. The van der Waals surface area contributed by atoms with Crippen molar-refractivity contribution in [2.24, 2.45) is 0 Å². The van der Waals surface area contributed by atoms with Crippen LogP contribution >= 0.6 is 8.58 Å². The molecule has 1 atom stereocenters. The van der Waals surface area contributed by atoms with Gasteiger partial charge in [0.1, 0.15) is 0 Å². The highest BCUT2D eigenvalue weighted by Gasteiger charge is 1.93. The molecule has 2 heterocycles. The molecule has 56 valence electrons. The van der Waals surface area contributed by atoms with Gasteiger partial charge in [0, 0.05) is 17.9 Å². The van der Waals surface area contributed by atoms with Crippen LogP contribution in [0.3, 0.4) is 0 Å². The van der Waals surface area contributed by atoms with Crippen molar-refractivity contribution in [1.29, 1.82) is 0 Å². The predicted octanol–water partition coefficient (Wildman–Crippen LogP) is 1.87. The van der Waals surface area contributed by atoms with Gasteiger partial charge >= 0.3 is 0 Å². The van der Waals surface area contributed by atoms with Crippen LogP contribution in [0.5, 0.6) is 0 Å². The molecule has 0 amide bonds. The maximum absolute atomic E-state index is 2.23. The number of fused-ring (bicyclic) bond motifs is 1. The maximum Gasteiger partial charge on any atom is 0.0456 e. The SMILES string of the molecule is CPc1cc2ccccn2c1. The van der Waals surface area contributed by atoms with E-state index in [1.165, 1.54) is 10.8 Å². The Morgan fingerprint density at radius 2 is 2.27 bits per heavy atom. The topological polar surface area (TPSA) is 4.41 Å². The van der Waals surface area contributed by atoms with Gasteiger partial charge in [0.15, 0.2) is 0 Å². The van der Waals surface area contributed by atoms with Crippen molar-refractivity contribution in [2.75, 3.05) is 6.66 Å². The van der Waals surface area contributed by atoms with E-state index in [1.54, 1.807) is 0 Å². The lowest BCUT2D eigenvalue weighted by Gasteiger charge is -1.88. The fraction of sp³-hybridized carbons (Fsp3) is 0.111. The summed E-state index contributed by atoms with van der Waals surface area (Å²) >= 11 is 0. The first-order valence-electron chi connectivity index (χ1n) is 3.64. The molecule has 0 saturated carbocycles. The van der Waals surface area contributed by atoms with Gasteiger partial charge in [-0.15, -0.1) is 0 Å². The number of hydrogen-bond acceptors (Lipinski definition) is 0. The Morgan fingerprint density at radius 3 is 3.00 bits per heavy atom. The van der Waals surface area contributed by atoms with E-state index in [-0.39, 0.29) is 0 Å². The molecule has 2 aromatic rings. The van der Waals surface area contributed by atoms with Crippen LogP contribution in [0.4, 0.5) is 0 Å². The van der Waals surface area contributed by atoms with Crippen LogP contribution < -0.4 is 5.30 Å². The van der Waals surface area contributed by atoms with Crippen molar-refractivity contribution in [1.82, 2.24) is 4.40 Å². The summed E-state index contributed by atoms with van der Waals surface area (Å²) in [6, 6.07) is 8.48. The van der Waals surface area contributed by atoms with Gasteiger partial charge in [0.2, 0.25) is 0 Å². The average molecular weight is 163 g/mol.